The third kappa shape index (κ3) is 3.16. The molecule has 0 saturated carbocycles. The van der Waals surface area contributed by atoms with Crippen molar-refractivity contribution in [3.63, 3.8) is 0 Å². The van der Waals surface area contributed by atoms with Gasteiger partial charge >= 0.3 is 0 Å². The first kappa shape index (κ1) is 12.3. The van der Waals surface area contributed by atoms with Crippen LogP contribution < -0.4 is 5.32 Å². The van der Waals surface area contributed by atoms with Gasteiger partial charge in [0.05, 0.1) is 0 Å². The number of carbonyl (C=O) groups excluding carboxylic acids is 1. The van der Waals surface area contributed by atoms with Gasteiger partial charge in [-0.25, -0.2) is 4.98 Å². The molecule has 0 amide bonds. The van der Waals surface area contributed by atoms with Gasteiger partial charge in [0.1, 0.15) is 0 Å². The predicted octanol–water partition coefficient (Wildman–Crippen LogP) is 1.87. The van der Waals surface area contributed by atoms with Gasteiger partial charge in [0.2, 0.25) is 0 Å². The van der Waals surface area contributed by atoms with E-state index in [0.29, 0.717) is 18.2 Å². The van der Waals surface area contributed by atoms with Crippen molar-refractivity contribution < 1.29 is 4.79 Å². The molecular weight excluding hydrogens is 214 g/mol. The minimum Gasteiger partial charge on any atom is -0.329 e. The highest BCUT2D eigenvalue weighted by Gasteiger charge is 2.20. The zero-order chi connectivity index (χ0) is 12.1. The lowest BCUT2D eigenvalue weighted by Crippen LogP contribution is -2.29. The molecule has 94 valence electrons. The summed E-state index contributed by atoms with van der Waals surface area (Å²) < 4.78 is 1.98. The lowest BCUT2D eigenvalue weighted by molar-refractivity contribution is 0.0938. The lowest BCUT2D eigenvalue weighted by atomic mass is 9.92. The molecular formula is C13H21N3O. The van der Waals surface area contributed by atoms with Crippen molar-refractivity contribution in [1.29, 1.82) is 0 Å². The van der Waals surface area contributed by atoms with E-state index in [0.717, 1.165) is 38.9 Å². The van der Waals surface area contributed by atoms with E-state index in [1.807, 2.05) is 10.8 Å². The predicted molar refractivity (Wildman–Crippen MR) is 67.1 cm³/mol. The molecule has 2 rings (SSSR count). The Bertz CT molecular complexity index is 366. The van der Waals surface area contributed by atoms with Crippen molar-refractivity contribution in [3.05, 3.63) is 18.2 Å². The van der Waals surface area contributed by atoms with Gasteiger partial charge in [-0.15, -0.1) is 0 Å². The summed E-state index contributed by atoms with van der Waals surface area (Å²) in [6.07, 6.45) is 7.54. The molecule has 1 saturated heterocycles. The smallest absolute Gasteiger partial charge is 0.198 e. The lowest BCUT2D eigenvalue weighted by Gasteiger charge is -2.21. The van der Waals surface area contributed by atoms with Gasteiger partial charge in [0, 0.05) is 25.4 Å². The Morgan fingerprint density at radius 3 is 3.00 bits per heavy atom. The molecule has 0 atom stereocenters. The number of aromatic nitrogens is 2. The number of Topliss-reactive ketones (excluding diaryl/α,β-unsaturated/α-hetero) is 1. The van der Waals surface area contributed by atoms with E-state index < -0.39 is 0 Å². The summed E-state index contributed by atoms with van der Waals surface area (Å²) in [5.74, 6) is 1.39. The normalized spacial score (nSPS) is 17.2. The van der Waals surface area contributed by atoms with Crippen LogP contribution in [0.25, 0.3) is 0 Å². The van der Waals surface area contributed by atoms with Gasteiger partial charge in [-0.2, -0.15) is 0 Å². The fraction of sp³-hybridized carbons (Fsp3) is 0.692. The van der Waals surface area contributed by atoms with Crippen molar-refractivity contribution in [1.82, 2.24) is 14.9 Å². The van der Waals surface area contributed by atoms with E-state index in [4.69, 9.17) is 0 Å². The van der Waals surface area contributed by atoms with E-state index in [-0.39, 0.29) is 5.78 Å². The molecule has 1 aromatic rings. The second-order valence-corrected chi connectivity index (χ2v) is 4.76. The van der Waals surface area contributed by atoms with E-state index in [1.165, 1.54) is 0 Å². The van der Waals surface area contributed by atoms with Gasteiger partial charge < -0.3 is 9.88 Å². The Labute approximate surface area is 102 Å². The molecule has 1 aliphatic rings. The van der Waals surface area contributed by atoms with Crippen LogP contribution in [0.5, 0.6) is 0 Å². The minimum absolute atomic E-state index is 0.204. The molecule has 0 spiro atoms. The number of imidazole rings is 1. The van der Waals surface area contributed by atoms with E-state index >= 15 is 0 Å². The zero-order valence-electron chi connectivity index (χ0n) is 10.5. The summed E-state index contributed by atoms with van der Waals surface area (Å²) in [5.41, 5.74) is 0. The molecule has 1 aromatic heterocycles. The summed E-state index contributed by atoms with van der Waals surface area (Å²) in [4.78, 5) is 16.4. The van der Waals surface area contributed by atoms with E-state index in [1.54, 1.807) is 6.20 Å². The van der Waals surface area contributed by atoms with Crippen LogP contribution in [0, 0.1) is 5.92 Å². The summed E-state index contributed by atoms with van der Waals surface area (Å²) >= 11 is 0. The van der Waals surface area contributed by atoms with Gasteiger partial charge in [0.25, 0.3) is 0 Å². The maximum atomic E-state index is 12.2. The van der Waals surface area contributed by atoms with E-state index in [9.17, 15) is 4.79 Å². The number of rotatable bonds is 5. The van der Waals surface area contributed by atoms with Gasteiger partial charge in [-0.05, 0) is 38.3 Å². The highest BCUT2D eigenvalue weighted by Crippen LogP contribution is 2.18. The Morgan fingerprint density at radius 1 is 1.53 bits per heavy atom. The Kier molecular flexibility index (Phi) is 4.31. The monoisotopic (exact) mass is 235 g/mol. The molecule has 1 N–H and O–H groups in total. The van der Waals surface area contributed by atoms with Crippen LogP contribution in [0.1, 0.15) is 43.2 Å². The first-order chi connectivity index (χ1) is 8.31. The molecule has 0 aromatic carbocycles. The average Bonchev–Trinajstić information content (AvgIpc) is 2.79. The SMILES string of the molecule is CCCn1ccnc1C(=O)CC1CCNCC1. The fourth-order valence-corrected chi connectivity index (χ4v) is 2.42. The summed E-state index contributed by atoms with van der Waals surface area (Å²) in [7, 11) is 0. The zero-order valence-corrected chi connectivity index (χ0v) is 10.5. The maximum absolute atomic E-state index is 12.2. The Hall–Kier alpha value is -1.16. The van der Waals surface area contributed by atoms with Gasteiger partial charge in [-0.3, -0.25) is 4.79 Å². The first-order valence-corrected chi connectivity index (χ1v) is 6.56. The number of piperidine rings is 1. The Morgan fingerprint density at radius 2 is 2.29 bits per heavy atom. The fourth-order valence-electron chi connectivity index (χ4n) is 2.42. The molecule has 4 heteroatoms. The number of aryl methyl sites for hydroxylation is 1. The molecule has 4 nitrogen and oxygen atoms in total. The highest BCUT2D eigenvalue weighted by atomic mass is 16.1. The number of carbonyl (C=O) groups is 1. The largest absolute Gasteiger partial charge is 0.329 e. The quantitative estimate of drug-likeness (QED) is 0.792. The molecule has 17 heavy (non-hydrogen) atoms. The highest BCUT2D eigenvalue weighted by molar-refractivity contribution is 5.92. The number of hydrogen-bond acceptors (Lipinski definition) is 3. The summed E-state index contributed by atoms with van der Waals surface area (Å²) in [5, 5.41) is 3.32. The van der Waals surface area contributed by atoms with Crippen LogP contribution in [-0.2, 0) is 6.54 Å². The Balaban J connectivity index is 1.96. The van der Waals surface area contributed by atoms with Crippen molar-refractivity contribution in [2.75, 3.05) is 13.1 Å². The number of hydrogen-bond donors (Lipinski definition) is 1. The first-order valence-electron chi connectivity index (χ1n) is 6.56. The third-order valence-corrected chi connectivity index (χ3v) is 3.36. The molecule has 0 radical (unpaired) electrons. The van der Waals surface area contributed by atoms with E-state index in [2.05, 4.69) is 17.2 Å². The van der Waals surface area contributed by atoms with Crippen LogP contribution in [0.4, 0.5) is 0 Å². The van der Waals surface area contributed by atoms with Gasteiger partial charge in [0.15, 0.2) is 11.6 Å². The third-order valence-electron chi connectivity index (χ3n) is 3.36. The molecule has 0 bridgehead atoms. The van der Waals surface area contributed by atoms with Crippen LogP contribution in [-0.4, -0.2) is 28.4 Å². The van der Waals surface area contributed by atoms with Crippen LogP contribution in [0.3, 0.4) is 0 Å². The molecule has 0 aliphatic carbocycles. The summed E-state index contributed by atoms with van der Waals surface area (Å²) in [6, 6.07) is 0. The number of ketones is 1. The number of nitrogens with one attached hydrogen (secondary N) is 1. The molecule has 1 fully saturated rings. The standard InChI is InChI=1S/C13H21N3O/c1-2-8-16-9-7-15-13(16)12(17)10-11-3-5-14-6-4-11/h7,9,11,14H,2-6,8,10H2,1H3. The average molecular weight is 235 g/mol. The molecule has 1 aliphatic heterocycles. The second-order valence-electron chi connectivity index (χ2n) is 4.76. The van der Waals surface area contributed by atoms with Crippen LogP contribution >= 0.6 is 0 Å². The number of nitrogens with zero attached hydrogens (tertiary/aromatic N) is 2. The molecule has 0 unspecified atom stereocenters. The summed E-state index contributed by atoms with van der Waals surface area (Å²) in [6.45, 7) is 5.08. The topological polar surface area (TPSA) is 46.9 Å². The molecule has 2 heterocycles. The minimum atomic E-state index is 0.204. The van der Waals surface area contributed by atoms with Crippen molar-refractivity contribution in [2.45, 2.75) is 39.2 Å². The van der Waals surface area contributed by atoms with Crippen molar-refractivity contribution >= 4 is 5.78 Å². The van der Waals surface area contributed by atoms with Gasteiger partial charge in [-0.1, -0.05) is 6.92 Å². The van der Waals surface area contributed by atoms with Crippen LogP contribution in [0.2, 0.25) is 0 Å². The van der Waals surface area contributed by atoms with Crippen LogP contribution in [0.15, 0.2) is 12.4 Å². The van der Waals surface area contributed by atoms with Crippen molar-refractivity contribution in [2.24, 2.45) is 5.92 Å². The maximum Gasteiger partial charge on any atom is 0.198 e. The second kappa shape index (κ2) is 5.96. The van der Waals surface area contributed by atoms with Crippen molar-refractivity contribution in [3.8, 4) is 0 Å².